The molecule has 1 saturated heterocycles. The summed E-state index contributed by atoms with van der Waals surface area (Å²) < 4.78 is 15.2. The summed E-state index contributed by atoms with van der Waals surface area (Å²) in [6.45, 7) is 3.95. The molecule has 0 amide bonds. The molecule has 1 saturated carbocycles. The average molecular weight is 457 g/mol. The maximum absolute atomic E-state index is 14.9. The third kappa shape index (κ3) is 5.27. The Morgan fingerprint density at radius 3 is 2.39 bits per heavy atom. The van der Waals surface area contributed by atoms with Gasteiger partial charge >= 0.3 is 5.95 Å². The Hall–Kier alpha value is -2.32. The summed E-state index contributed by atoms with van der Waals surface area (Å²) in [7, 11) is 4.24. The van der Waals surface area contributed by atoms with Gasteiger partial charge in [-0.15, -0.1) is 9.97 Å². The van der Waals surface area contributed by atoms with Crippen LogP contribution in [0.15, 0.2) is 18.2 Å². The zero-order valence-corrected chi connectivity index (χ0v) is 20.4. The van der Waals surface area contributed by atoms with Crippen LogP contribution in [0.2, 0.25) is 0 Å². The number of aromatic nitrogens is 3. The van der Waals surface area contributed by atoms with Crippen LogP contribution in [0.5, 0.6) is 0 Å². The number of quaternary nitrogens is 1. The maximum atomic E-state index is 14.9. The highest BCUT2D eigenvalue weighted by molar-refractivity contribution is 5.56. The first kappa shape index (κ1) is 23.8. The van der Waals surface area contributed by atoms with Crippen molar-refractivity contribution in [3.05, 3.63) is 29.6 Å². The van der Waals surface area contributed by atoms with E-state index < -0.39 is 0 Å². The van der Waals surface area contributed by atoms with Gasteiger partial charge in [0, 0.05) is 44.1 Å². The zero-order chi connectivity index (χ0) is 23.4. The van der Waals surface area contributed by atoms with E-state index in [1.165, 1.54) is 25.7 Å². The van der Waals surface area contributed by atoms with Crippen LogP contribution in [0.25, 0.3) is 0 Å². The number of anilines is 2. The lowest BCUT2D eigenvalue weighted by molar-refractivity contribution is 0.180. The fourth-order valence-corrected chi connectivity index (χ4v) is 5.37. The van der Waals surface area contributed by atoms with Gasteiger partial charge < -0.3 is 16.0 Å². The van der Waals surface area contributed by atoms with Gasteiger partial charge in [0.25, 0.3) is 0 Å². The standard InChI is InChI=1S/C25H39FN7/c1-4-18-11-12-21(17-22(18)26)33(3,20-13-15-32(2)16-14-20)25-30-23(27)29-24(31-25)28-19-9-7-5-6-8-10-19/h11-12,17,19-20H,4-10,13-16H2,1-3H3,(H3,27,28,29,30,31)/q+1. The number of nitrogen functional groups attached to an aromatic ring is 1. The molecular formula is C25H39FN7+. The smallest absolute Gasteiger partial charge is 0.340 e. The molecule has 0 bridgehead atoms. The molecule has 0 spiro atoms. The second-order valence-electron chi connectivity index (χ2n) is 9.89. The second kappa shape index (κ2) is 10.3. The normalized spacial score (nSPS) is 20.8. The van der Waals surface area contributed by atoms with Crippen LogP contribution >= 0.6 is 0 Å². The van der Waals surface area contributed by atoms with Gasteiger partial charge in [-0.25, -0.2) is 8.87 Å². The molecule has 2 heterocycles. The summed E-state index contributed by atoms with van der Waals surface area (Å²) in [6.07, 6.45) is 9.85. The molecule has 7 nitrogen and oxygen atoms in total. The number of likely N-dealkylation sites (tertiary alicyclic amines) is 1. The summed E-state index contributed by atoms with van der Waals surface area (Å²) in [5.74, 6) is 1.15. The molecule has 3 N–H and O–H groups in total. The highest BCUT2D eigenvalue weighted by Gasteiger charge is 2.42. The van der Waals surface area contributed by atoms with Crippen molar-refractivity contribution >= 4 is 23.5 Å². The van der Waals surface area contributed by atoms with Crippen LogP contribution in [-0.4, -0.2) is 59.1 Å². The van der Waals surface area contributed by atoms with Crippen molar-refractivity contribution in [2.75, 3.05) is 38.2 Å². The molecule has 4 rings (SSSR count). The number of nitrogens with one attached hydrogen (secondary N) is 1. The fraction of sp³-hybridized carbons (Fsp3) is 0.640. The molecule has 33 heavy (non-hydrogen) atoms. The first-order valence-corrected chi connectivity index (χ1v) is 12.5. The van der Waals surface area contributed by atoms with Crippen molar-refractivity contribution in [3.63, 3.8) is 0 Å². The van der Waals surface area contributed by atoms with Crippen molar-refractivity contribution in [3.8, 4) is 0 Å². The molecule has 2 aromatic rings. The Morgan fingerprint density at radius 1 is 1.06 bits per heavy atom. The van der Waals surface area contributed by atoms with Crippen LogP contribution in [-0.2, 0) is 6.42 Å². The van der Waals surface area contributed by atoms with E-state index in [1.54, 1.807) is 6.07 Å². The number of benzene rings is 1. The minimum absolute atomic E-state index is 0.175. The lowest BCUT2D eigenvalue weighted by Gasteiger charge is -2.42. The van der Waals surface area contributed by atoms with Crippen molar-refractivity contribution < 1.29 is 4.39 Å². The third-order valence-corrected chi connectivity index (χ3v) is 7.62. The molecule has 2 fully saturated rings. The van der Waals surface area contributed by atoms with Gasteiger partial charge in [0.15, 0.2) is 0 Å². The molecule has 1 aromatic carbocycles. The second-order valence-corrected chi connectivity index (χ2v) is 9.89. The van der Waals surface area contributed by atoms with Crippen molar-refractivity contribution in [2.45, 2.75) is 76.8 Å². The van der Waals surface area contributed by atoms with Gasteiger partial charge in [0.05, 0.1) is 7.05 Å². The molecule has 8 heteroatoms. The monoisotopic (exact) mass is 456 g/mol. The lowest BCUT2D eigenvalue weighted by atomic mass is 9.99. The number of hydrogen-bond donors (Lipinski definition) is 2. The highest BCUT2D eigenvalue weighted by Crippen LogP contribution is 2.38. The van der Waals surface area contributed by atoms with Crippen molar-refractivity contribution in [2.24, 2.45) is 0 Å². The minimum atomic E-state index is -0.175. The first-order chi connectivity index (χ1) is 15.9. The number of piperidine rings is 1. The van der Waals surface area contributed by atoms with E-state index in [-0.39, 0.29) is 17.8 Å². The van der Waals surface area contributed by atoms with E-state index in [0.29, 0.717) is 28.8 Å². The summed E-state index contributed by atoms with van der Waals surface area (Å²) >= 11 is 0. The van der Waals surface area contributed by atoms with E-state index in [4.69, 9.17) is 10.7 Å². The molecule has 1 aromatic heterocycles. The number of halogens is 1. The van der Waals surface area contributed by atoms with Crippen LogP contribution in [0.3, 0.4) is 0 Å². The Labute approximate surface area is 197 Å². The number of rotatable bonds is 6. The molecule has 180 valence electrons. The van der Waals surface area contributed by atoms with Crippen molar-refractivity contribution in [1.82, 2.24) is 24.3 Å². The Balaban J connectivity index is 1.73. The van der Waals surface area contributed by atoms with Crippen LogP contribution < -0.4 is 15.5 Å². The topological polar surface area (TPSA) is 80.0 Å². The predicted molar refractivity (Wildman–Crippen MR) is 133 cm³/mol. The van der Waals surface area contributed by atoms with E-state index >= 15 is 0 Å². The Morgan fingerprint density at radius 2 is 1.76 bits per heavy atom. The summed E-state index contributed by atoms with van der Waals surface area (Å²) in [6, 6.07) is 6.16. The lowest BCUT2D eigenvalue weighted by Crippen LogP contribution is -2.54. The van der Waals surface area contributed by atoms with Crippen molar-refractivity contribution in [1.29, 1.82) is 0 Å². The molecule has 1 unspecified atom stereocenters. The molecule has 1 aliphatic heterocycles. The largest absolute Gasteiger partial charge is 0.367 e. The van der Waals surface area contributed by atoms with E-state index in [2.05, 4.69) is 34.3 Å². The van der Waals surface area contributed by atoms with Crippen LogP contribution in [0.1, 0.15) is 63.9 Å². The minimum Gasteiger partial charge on any atom is -0.367 e. The highest BCUT2D eigenvalue weighted by atomic mass is 19.1. The van der Waals surface area contributed by atoms with Gasteiger partial charge in [0.1, 0.15) is 17.5 Å². The van der Waals surface area contributed by atoms with E-state index in [1.807, 2.05) is 19.1 Å². The molecular weight excluding hydrogens is 417 g/mol. The fourth-order valence-electron chi connectivity index (χ4n) is 5.37. The average Bonchev–Trinajstić information content (AvgIpc) is 3.07. The molecule has 1 aliphatic carbocycles. The first-order valence-electron chi connectivity index (χ1n) is 12.5. The summed E-state index contributed by atoms with van der Waals surface area (Å²) in [4.78, 5) is 16.3. The number of nitrogens with zero attached hydrogens (tertiary/aromatic N) is 5. The van der Waals surface area contributed by atoms with Crippen LogP contribution in [0.4, 0.5) is 27.9 Å². The zero-order valence-electron chi connectivity index (χ0n) is 20.4. The SMILES string of the molecule is CCc1ccc([N+](C)(c2nc(N)nc(NC3CCCCCC3)n2)C2CCN(C)CC2)cc1F. The molecule has 0 radical (unpaired) electrons. The number of nitrogens with two attached hydrogens (primary N) is 1. The predicted octanol–water partition coefficient (Wildman–Crippen LogP) is 4.65. The quantitative estimate of drug-likeness (QED) is 0.486. The van der Waals surface area contributed by atoms with Gasteiger partial charge in [-0.3, -0.25) is 0 Å². The number of hydrogen-bond acceptors (Lipinski definition) is 6. The molecule has 2 aliphatic rings. The summed E-state index contributed by atoms with van der Waals surface area (Å²) in [5, 5.41) is 3.53. The molecule has 1 atom stereocenters. The Bertz CT molecular complexity index is 936. The maximum Gasteiger partial charge on any atom is 0.340 e. The number of aryl methyl sites for hydroxylation is 1. The van der Waals surface area contributed by atoms with Gasteiger partial charge in [-0.05, 0) is 31.9 Å². The van der Waals surface area contributed by atoms with E-state index in [9.17, 15) is 4.39 Å². The van der Waals surface area contributed by atoms with E-state index in [0.717, 1.165) is 50.0 Å². The Kier molecular flexibility index (Phi) is 7.44. The summed E-state index contributed by atoms with van der Waals surface area (Å²) in [5.41, 5.74) is 7.78. The van der Waals surface area contributed by atoms with Gasteiger partial charge in [0.2, 0.25) is 11.9 Å². The van der Waals surface area contributed by atoms with Gasteiger partial charge in [-0.1, -0.05) is 38.7 Å². The third-order valence-electron chi connectivity index (χ3n) is 7.62. The van der Waals surface area contributed by atoms with Crippen LogP contribution in [0, 0.1) is 5.82 Å². The van der Waals surface area contributed by atoms with Gasteiger partial charge in [-0.2, -0.15) is 4.98 Å².